The molecule has 3 amide bonds. The molecule has 68 heavy (non-hydrogen) atoms. The van der Waals surface area contributed by atoms with Gasteiger partial charge in [-0.1, -0.05) is 36.4 Å². The Morgan fingerprint density at radius 3 is 1.56 bits per heavy atom. The summed E-state index contributed by atoms with van der Waals surface area (Å²) in [5.41, 5.74) is 7.40. The summed E-state index contributed by atoms with van der Waals surface area (Å²) in [4.78, 5) is 52.2. The monoisotopic (exact) mass is 955 g/mol. The van der Waals surface area contributed by atoms with Gasteiger partial charge in [-0.15, -0.1) is 0 Å². The lowest BCUT2D eigenvalue weighted by molar-refractivity contribution is -0.134. The van der Waals surface area contributed by atoms with Crippen LogP contribution in [0.3, 0.4) is 0 Å². The number of carbonyl (C=O) groups is 4. The predicted molar refractivity (Wildman–Crippen MR) is 255 cm³/mol. The van der Waals surface area contributed by atoms with Crippen molar-refractivity contribution in [2.75, 3.05) is 46.7 Å². The molecule has 16 nitrogen and oxygen atoms in total. The molecule has 2 saturated heterocycles. The zero-order valence-electron chi connectivity index (χ0n) is 37.4. The van der Waals surface area contributed by atoms with Crippen LogP contribution < -0.4 is 14.8 Å². The molecular weight excluding hydrogens is 907 g/mol. The molecule has 18 heteroatoms. The number of aryl methyl sites for hydroxylation is 2. The molecule has 3 aliphatic heterocycles. The van der Waals surface area contributed by atoms with Gasteiger partial charge in [0.2, 0.25) is 15.9 Å². The molecule has 5 aromatic carbocycles. The highest BCUT2D eigenvalue weighted by Crippen LogP contribution is 2.32. The van der Waals surface area contributed by atoms with Gasteiger partial charge in [-0.05, 0) is 146 Å². The number of nitrogens with one attached hydrogen (secondary N) is 3. The van der Waals surface area contributed by atoms with Crippen LogP contribution in [-0.4, -0.2) is 87.4 Å². The number of piperidine rings is 2. The van der Waals surface area contributed by atoms with E-state index in [1.807, 2.05) is 36.4 Å². The minimum atomic E-state index is -4.06. The first-order chi connectivity index (χ1) is 32.4. The lowest BCUT2D eigenvalue weighted by atomic mass is 9.89. The number of likely N-dealkylation sites (tertiary alicyclic amines) is 2. The molecule has 4 N–H and O–H groups in total. The minimum Gasteiger partial charge on any atom is -0.480 e. The van der Waals surface area contributed by atoms with E-state index < -0.39 is 31.8 Å². The summed E-state index contributed by atoms with van der Waals surface area (Å²) in [5, 5.41) is 29.4. The summed E-state index contributed by atoms with van der Waals surface area (Å²) >= 11 is 0. The Bertz CT molecular complexity index is 3080. The number of aliphatic carboxylic acids is 1. The molecule has 0 spiro atoms. The first-order valence-corrected chi connectivity index (χ1v) is 25.0. The minimum absolute atomic E-state index is 0.0590. The number of carbonyl (C=O) groups excluding carboxylic acids is 3. The van der Waals surface area contributed by atoms with Crippen LogP contribution in [0.2, 0.25) is 0 Å². The van der Waals surface area contributed by atoms with Gasteiger partial charge in [0.25, 0.3) is 21.8 Å². The number of hydrogen-bond donors (Lipinski definition) is 4. The van der Waals surface area contributed by atoms with Crippen LogP contribution in [0.4, 0.5) is 17.1 Å². The van der Waals surface area contributed by atoms with E-state index in [0.717, 1.165) is 31.2 Å². The van der Waals surface area contributed by atoms with Crippen molar-refractivity contribution in [1.82, 2.24) is 9.80 Å². The molecule has 3 heterocycles. The van der Waals surface area contributed by atoms with Crippen LogP contribution in [0.5, 0.6) is 0 Å². The Labute approximate surface area is 395 Å². The summed E-state index contributed by atoms with van der Waals surface area (Å²) in [5.74, 6) is -2.36. The second-order valence-electron chi connectivity index (χ2n) is 17.1. The van der Waals surface area contributed by atoms with Gasteiger partial charge >= 0.3 is 5.97 Å². The number of fused-ring (bicyclic) bond motifs is 1. The SMILES string of the molecule is Cc1ccc(C(=O)N2CCC(c3ccc(C#N)cc3)CC2)cc1NS(=O)(=O)CC(=O)O.Cc1ccc(C(=O)N2CCC(c3ccc(C#N)cc3)CC2)cc1NS(=O)(=O)c1ccc2c(c1)CC(=O)N2. The Hall–Kier alpha value is -7.54. The van der Waals surface area contributed by atoms with Gasteiger partial charge in [0.15, 0.2) is 5.75 Å². The van der Waals surface area contributed by atoms with E-state index in [1.165, 1.54) is 23.8 Å². The number of anilines is 3. The van der Waals surface area contributed by atoms with Crippen molar-refractivity contribution >= 4 is 60.8 Å². The number of amides is 3. The Morgan fingerprint density at radius 2 is 1.12 bits per heavy atom. The van der Waals surface area contributed by atoms with Crippen molar-refractivity contribution in [2.45, 2.75) is 62.7 Å². The normalized spacial score (nSPS) is 15.1. The second-order valence-corrected chi connectivity index (χ2v) is 20.5. The second kappa shape index (κ2) is 20.5. The maximum atomic E-state index is 13.3. The topological polar surface area (TPSA) is 247 Å². The van der Waals surface area contributed by atoms with Crippen molar-refractivity contribution in [2.24, 2.45) is 0 Å². The van der Waals surface area contributed by atoms with Gasteiger partial charge in [0, 0.05) is 43.0 Å². The first-order valence-electron chi connectivity index (χ1n) is 21.9. The highest BCUT2D eigenvalue weighted by molar-refractivity contribution is 7.93. The maximum absolute atomic E-state index is 13.3. The molecule has 8 rings (SSSR count). The maximum Gasteiger partial charge on any atom is 0.320 e. The van der Waals surface area contributed by atoms with E-state index in [9.17, 15) is 36.0 Å². The van der Waals surface area contributed by atoms with E-state index >= 15 is 0 Å². The van der Waals surface area contributed by atoms with E-state index in [2.05, 4.69) is 26.9 Å². The van der Waals surface area contributed by atoms with Gasteiger partial charge in [-0.2, -0.15) is 10.5 Å². The number of nitrogens with zero attached hydrogens (tertiary/aromatic N) is 4. The van der Waals surface area contributed by atoms with Crippen molar-refractivity contribution in [3.63, 3.8) is 0 Å². The lowest BCUT2D eigenvalue weighted by Crippen LogP contribution is -2.38. The standard InChI is InChI=1S/C28H26N4O4S.C22H23N3O5S/c1-18-2-5-22(28(34)32-12-10-21(11-13-32)20-6-3-19(17-29)4-7-20)15-26(18)31-37(35,36)24-8-9-25-23(14-24)16-27(33)30-25;1-15-2-5-19(12-20(15)24-31(29,30)14-21(26)27)22(28)25-10-8-18(9-11-25)17-6-3-16(13-23)4-7-17/h2-9,14-15,21,31H,10-13,16H2,1H3,(H,30,33);2-7,12,18,24H,8-11,14H2,1H3,(H,26,27). The van der Waals surface area contributed by atoms with E-state index in [4.69, 9.17) is 15.6 Å². The number of nitriles is 2. The van der Waals surface area contributed by atoms with Gasteiger partial charge in [-0.3, -0.25) is 28.6 Å². The number of hydrogen-bond acceptors (Lipinski definition) is 10. The smallest absolute Gasteiger partial charge is 0.320 e. The third kappa shape index (κ3) is 11.7. The average molecular weight is 956 g/mol. The Balaban J connectivity index is 0.000000205. The fourth-order valence-corrected chi connectivity index (χ4v) is 10.7. The molecule has 3 aliphatic rings. The molecule has 0 aliphatic carbocycles. The molecule has 0 aromatic heterocycles. The number of carboxylic acids is 1. The largest absolute Gasteiger partial charge is 0.480 e. The van der Waals surface area contributed by atoms with Gasteiger partial charge in [0.05, 0.1) is 46.0 Å². The zero-order chi connectivity index (χ0) is 48.8. The van der Waals surface area contributed by atoms with Crippen molar-refractivity contribution in [3.8, 4) is 12.1 Å². The highest BCUT2D eigenvalue weighted by atomic mass is 32.2. The summed E-state index contributed by atoms with van der Waals surface area (Å²) in [6.07, 6.45) is 3.37. The summed E-state index contributed by atoms with van der Waals surface area (Å²) in [7, 11) is -7.98. The quantitative estimate of drug-likeness (QED) is 0.106. The number of rotatable bonds is 11. The van der Waals surface area contributed by atoms with Crippen molar-refractivity contribution in [3.05, 3.63) is 153 Å². The molecular formula is C50H49N7O9S2. The number of benzene rings is 5. The van der Waals surface area contributed by atoms with E-state index in [1.54, 1.807) is 72.2 Å². The van der Waals surface area contributed by atoms with Gasteiger partial charge < -0.3 is 20.2 Å². The van der Waals surface area contributed by atoms with Crippen LogP contribution in [0.1, 0.15) is 97.2 Å². The van der Waals surface area contributed by atoms with Crippen LogP contribution >= 0.6 is 0 Å². The highest BCUT2D eigenvalue weighted by Gasteiger charge is 2.28. The molecule has 0 radical (unpaired) electrons. The summed E-state index contributed by atoms with van der Waals surface area (Å²) in [6.45, 7) is 5.78. The summed E-state index contributed by atoms with van der Waals surface area (Å²) in [6, 6.07) is 33.6. The van der Waals surface area contributed by atoms with E-state index in [0.29, 0.717) is 88.3 Å². The molecule has 0 unspecified atom stereocenters. The van der Waals surface area contributed by atoms with Crippen LogP contribution in [0, 0.1) is 36.5 Å². The van der Waals surface area contributed by atoms with Crippen LogP contribution in [-0.2, 0) is 36.1 Å². The molecule has 2 fully saturated rings. The fourth-order valence-electron chi connectivity index (χ4n) is 8.53. The Kier molecular flexibility index (Phi) is 14.6. The predicted octanol–water partition coefficient (Wildman–Crippen LogP) is 6.89. The third-order valence-corrected chi connectivity index (χ3v) is 14.9. The molecule has 0 bridgehead atoms. The Morgan fingerprint density at radius 1 is 0.662 bits per heavy atom. The lowest BCUT2D eigenvalue weighted by Gasteiger charge is -2.32. The first kappa shape index (κ1) is 48.4. The van der Waals surface area contributed by atoms with Crippen LogP contribution in [0.15, 0.2) is 108 Å². The molecule has 0 atom stereocenters. The number of sulfonamides is 2. The van der Waals surface area contributed by atoms with Gasteiger partial charge in [-0.25, -0.2) is 16.8 Å². The van der Waals surface area contributed by atoms with Gasteiger partial charge in [0.1, 0.15) is 0 Å². The average Bonchev–Trinajstić information content (AvgIpc) is 3.72. The zero-order valence-corrected chi connectivity index (χ0v) is 39.0. The molecule has 5 aromatic rings. The molecule has 350 valence electrons. The number of carboxylic acid groups (broad SMARTS) is 1. The fraction of sp³-hybridized carbons (Fsp3) is 0.280. The van der Waals surface area contributed by atoms with Crippen molar-refractivity contribution < 1.29 is 41.1 Å². The van der Waals surface area contributed by atoms with E-state index in [-0.39, 0.29) is 34.7 Å². The van der Waals surface area contributed by atoms with Crippen molar-refractivity contribution in [1.29, 1.82) is 10.5 Å². The summed E-state index contributed by atoms with van der Waals surface area (Å²) < 4.78 is 55.0. The third-order valence-electron chi connectivity index (χ3n) is 12.4. The van der Waals surface area contributed by atoms with Crippen LogP contribution in [0.25, 0.3) is 0 Å². The molecule has 0 saturated carbocycles.